The van der Waals surface area contributed by atoms with Gasteiger partial charge in [-0.15, -0.1) is 11.3 Å². The Morgan fingerprint density at radius 2 is 1.90 bits per heavy atom. The van der Waals surface area contributed by atoms with Gasteiger partial charge in [-0.05, 0) is 50.4 Å². The Hall–Kier alpha value is -0.380. The Morgan fingerprint density at radius 1 is 1.20 bits per heavy atom. The van der Waals surface area contributed by atoms with Crippen LogP contribution in [0.15, 0.2) is 12.1 Å². The van der Waals surface area contributed by atoms with Crippen molar-refractivity contribution in [2.45, 2.75) is 65.0 Å². The van der Waals surface area contributed by atoms with E-state index in [9.17, 15) is 0 Å². The second-order valence-electron chi connectivity index (χ2n) is 7.16. The molecule has 2 rings (SSSR count). The van der Waals surface area contributed by atoms with Gasteiger partial charge in [0.1, 0.15) is 0 Å². The zero-order valence-corrected chi connectivity index (χ0v) is 14.4. The van der Waals surface area contributed by atoms with Gasteiger partial charge in [0.15, 0.2) is 0 Å². The van der Waals surface area contributed by atoms with Crippen LogP contribution in [0.1, 0.15) is 56.7 Å². The third kappa shape index (κ3) is 4.87. The normalized spacial score (nSPS) is 19.2. The van der Waals surface area contributed by atoms with Gasteiger partial charge >= 0.3 is 0 Å². The molecule has 0 aliphatic carbocycles. The maximum atomic E-state index is 3.68. The first kappa shape index (κ1) is 16.0. The number of rotatable bonds is 5. The Bertz CT molecular complexity index is 399. The number of nitrogens with one attached hydrogen (secondary N) is 1. The van der Waals surface area contributed by atoms with Gasteiger partial charge in [-0.2, -0.15) is 0 Å². The number of thiophene rings is 1. The van der Waals surface area contributed by atoms with E-state index in [1.54, 1.807) is 0 Å². The van der Waals surface area contributed by atoms with Gasteiger partial charge in [-0.25, -0.2) is 0 Å². The Kier molecular flexibility index (Phi) is 5.65. The Morgan fingerprint density at radius 3 is 2.50 bits per heavy atom. The van der Waals surface area contributed by atoms with Crippen LogP contribution in [0.4, 0.5) is 0 Å². The molecule has 3 heteroatoms. The second-order valence-corrected chi connectivity index (χ2v) is 8.33. The van der Waals surface area contributed by atoms with Crippen molar-refractivity contribution in [2.75, 3.05) is 19.6 Å². The molecule has 0 bridgehead atoms. The summed E-state index contributed by atoms with van der Waals surface area (Å²) in [4.78, 5) is 5.55. The summed E-state index contributed by atoms with van der Waals surface area (Å²) in [6, 6.07) is 5.15. The third-order valence-electron chi connectivity index (χ3n) is 4.01. The summed E-state index contributed by atoms with van der Waals surface area (Å²) >= 11 is 1.95. The highest BCUT2D eigenvalue weighted by molar-refractivity contribution is 7.12. The maximum Gasteiger partial charge on any atom is 0.0302 e. The molecule has 0 spiro atoms. The molecule has 1 unspecified atom stereocenters. The topological polar surface area (TPSA) is 15.3 Å². The molecule has 0 radical (unpaired) electrons. The van der Waals surface area contributed by atoms with E-state index in [1.165, 1.54) is 48.7 Å². The minimum atomic E-state index is 0.280. The van der Waals surface area contributed by atoms with E-state index >= 15 is 0 Å². The molecule has 2 nitrogen and oxygen atoms in total. The first-order valence-corrected chi connectivity index (χ1v) is 8.82. The van der Waals surface area contributed by atoms with Gasteiger partial charge in [0, 0.05) is 28.9 Å². The molecular weight excluding hydrogens is 264 g/mol. The van der Waals surface area contributed by atoms with Crippen molar-refractivity contribution < 1.29 is 0 Å². The predicted octanol–water partition coefficient (Wildman–Crippen LogP) is 4.01. The summed E-state index contributed by atoms with van der Waals surface area (Å²) < 4.78 is 0. The lowest BCUT2D eigenvalue weighted by Crippen LogP contribution is -2.41. The monoisotopic (exact) mass is 294 g/mol. The predicted molar refractivity (Wildman–Crippen MR) is 89.6 cm³/mol. The van der Waals surface area contributed by atoms with Crippen LogP contribution >= 0.6 is 11.3 Å². The molecule has 0 saturated carbocycles. The van der Waals surface area contributed by atoms with Gasteiger partial charge in [-0.1, -0.05) is 27.2 Å². The van der Waals surface area contributed by atoms with Crippen LogP contribution in [-0.4, -0.2) is 30.6 Å². The average Bonchev–Trinajstić information content (AvgIpc) is 2.86. The van der Waals surface area contributed by atoms with Crippen LogP contribution in [0.5, 0.6) is 0 Å². The number of hydrogen-bond donors (Lipinski definition) is 1. The van der Waals surface area contributed by atoms with E-state index in [2.05, 4.69) is 50.0 Å². The highest BCUT2D eigenvalue weighted by Gasteiger charge is 2.17. The SMILES string of the molecule is CC(CN1CCCCC1)NCc1ccc(C(C)(C)C)s1. The summed E-state index contributed by atoms with van der Waals surface area (Å²) in [6.45, 7) is 14.0. The van der Waals surface area contributed by atoms with E-state index < -0.39 is 0 Å². The number of nitrogens with zero attached hydrogens (tertiary/aromatic N) is 1. The molecule has 1 fully saturated rings. The summed E-state index contributed by atoms with van der Waals surface area (Å²) in [5, 5.41) is 3.68. The van der Waals surface area contributed by atoms with E-state index in [0.29, 0.717) is 6.04 Å². The highest BCUT2D eigenvalue weighted by atomic mass is 32.1. The van der Waals surface area contributed by atoms with Crippen LogP contribution in [0.2, 0.25) is 0 Å². The second kappa shape index (κ2) is 7.06. The number of likely N-dealkylation sites (tertiary alicyclic amines) is 1. The van der Waals surface area contributed by atoms with Gasteiger partial charge in [0.05, 0.1) is 0 Å². The van der Waals surface area contributed by atoms with E-state index in [0.717, 1.165) is 6.54 Å². The maximum absolute atomic E-state index is 3.68. The molecule has 0 aromatic carbocycles. The van der Waals surface area contributed by atoms with Crippen molar-refractivity contribution in [3.8, 4) is 0 Å². The lowest BCUT2D eigenvalue weighted by atomic mass is 9.95. The minimum Gasteiger partial charge on any atom is -0.308 e. The van der Waals surface area contributed by atoms with Crippen LogP contribution in [-0.2, 0) is 12.0 Å². The molecule has 1 aromatic heterocycles. The zero-order chi connectivity index (χ0) is 14.6. The van der Waals surface area contributed by atoms with Gasteiger partial charge < -0.3 is 10.2 Å². The third-order valence-corrected chi connectivity index (χ3v) is 5.52. The standard InChI is InChI=1S/C17H30N2S/c1-14(13-19-10-6-5-7-11-19)18-12-15-8-9-16(20-15)17(2,3)4/h8-9,14,18H,5-7,10-13H2,1-4H3. The van der Waals surface area contributed by atoms with E-state index in [4.69, 9.17) is 0 Å². The molecular formula is C17H30N2S. The lowest BCUT2D eigenvalue weighted by Gasteiger charge is -2.29. The Labute approximate surface area is 128 Å². The van der Waals surface area contributed by atoms with Crippen molar-refractivity contribution in [1.82, 2.24) is 10.2 Å². The molecule has 1 aromatic rings. The van der Waals surface area contributed by atoms with Crippen molar-refractivity contribution in [1.29, 1.82) is 0 Å². The molecule has 20 heavy (non-hydrogen) atoms. The van der Waals surface area contributed by atoms with Crippen LogP contribution in [0, 0.1) is 0 Å². The first-order valence-electron chi connectivity index (χ1n) is 8.00. The quantitative estimate of drug-likeness (QED) is 0.882. The van der Waals surface area contributed by atoms with Crippen LogP contribution in [0.3, 0.4) is 0 Å². The fourth-order valence-electron chi connectivity index (χ4n) is 2.74. The minimum absolute atomic E-state index is 0.280. The lowest BCUT2D eigenvalue weighted by molar-refractivity contribution is 0.209. The largest absolute Gasteiger partial charge is 0.308 e. The fourth-order valence-corrected chi connectivity index (χ4v) is 3.76. The van der Waals surface area contributed by atoms with Crippen LogP contribution in [0.25, 0.3) is 0 Å². The number of piperidine rings is 1. The van der Waals surface area contributed by atoms with E-state index in [-0.39, 0.29) is 5.41 Å². The zero-order valence-electron chi connectivity index (χ0n) is 13.5. The van der Waals surface area contributed by atoms with Crippen molar-refractivity contribution in [3.63, 3.8) is 0 Å². The summed E-state index contributed by atoms with van der Waals surface area (Å²) in [5.41, 5.74) is 0.280. The molecule has 1 N–H and O–H groups in total. The summed E-state index contributed by atoms with van der Waals surface area (Å²) in [7, 11) is 0. The van der Waals surface area contributed by atoms with Crippen molar-refractivity contribution in [3.05, 3.63) is 21.9 Å². The van der Waals surface area contributed by atoms with Crippen molar-refractivity contribution in [2.24, 2.45) is 0 Å². The van der Waals surface area contributed by atoms with Gasteiger partial charge in [-0.3, -0.25) is 0 Å². The summed E-state index contributed by atoms with van der Waals surface area (Å²) in [5.74, 6) is 0. The highest BCUT2D eigenvalue weighted by Crippen LogP contribution is 2.29. The van der Waals surface area contributed by atoms with Gasteiger partial charge in [0.2, 0.25) is 0 Å². The number of hydrogen-bond acceptors (Lipinski definition) is 3. The molecule has 1 saturated heterocycles. The smallest absolute Gasteiger partial charge is 0.0302 e. The molecule has 1 aliphatic rings. The van der Waals surface area contributed by atoms with Crippen LogP contribution < -0.4 is 5.32 Å². The molecule has 114 valence electrons. The molecule has 1 atom stereocenters. The average molecular weight is 295 g/mol. The molecule has 1 aliphatic heterocycles. The van der Waals surface area contributed by atoms with E-state index in [1.807, 2.05) is 11.3 Å². The van der Waals surface area contributed by atoms with Crippen molar-refractivity contribution >= 4 is 11.3 Å². The Balaban J connectivity index is 1.75. The molecule has 0 amide bonds. The van der Waals surface area contributed by atoms with Gasteiger partial charge in [0.25, 0.3) is 0 Å². The first-order chi connectivity index (χ1) is 9.45. The summed E-state index contributed by atoms with van der Waals surface area (Å²) in [6.07, 6.45) is 4.18. The molecule has 2 heterocycles. The fraction of sp³-hybridized carbons (Fsp3) is 0.765.